The van der Waals surface area contributed by atoms with E-state index in [-0.39, 0.29) is 5.69 Å². The Bertz CT molecular complexity index is 893. The first-order valence-corrected chi connectivity index (χ1v) is 8.87. The van der Waals surface area contributed by atoms with Gasteiger partial charge in [0.1, 0.15) is 5.75 Å². The van der Waals surface area contributed by atoms with E-state index in [1.807, 2.05) is 54.3 Å². The van der Waals surface area contributed by atoms with Crippen LogP contribution >= 0.6 is 0 Å². The van der Waals surface area contributed by atoms with E-state index in [1.165, 1.54) is 6.07 Å². The van der Waals surface area contributed by atoms with Gasteiger partial charge in [-0.3, -0.25) is 10.1 Å². The standard InChI is InChI=1S/C20H22N4O3/c1-2-27-20-9-8-19(24(25)26)12-17(20)14-21-11-10-16-13-22-23(15-16)18-6-4-3-5-7-18/h3-9,12-13,15,21H,2,10-11,14H2,1H3. The molecule has 3 aromatic rings. The minimum Gasteiger partial charge on any atom is -0.494 e. The van der Waals surface area contributed by atoms with Gasteiger partial charge in [0.25, 0.3) is 5.69 Å². The summed E-state index contributed by atoms with van der Waals surface area (Å²) in [6.45, 7) is 3.64. The molecule has 0 bridgehead atoms. The van der Waals surface area contributed by atoms with Crippen LogP contribution in [-0.4, -0.2) is 27.9 Å². The molecular weight excluding hydrogens is 344 g/mol. The maximum Gasteiger partial charge on any atom is 0.270 e. The van der Waals surface area contributed by atoms with Crippen molar-refractivity contribution in [2.24, 2.45) is 0 Å². The number of nitro benzene ring substituents is 1. The zero-order chi connectivity index (χ0) is 19.1. The molecule has 0 saturated heterocycles. The average Bonchev–Trinajstić information content (AvgIpc) is 3.16. The van der Waals surface area contributed by atoms with Crippen molar-refractivity contribution in [2.45, 2.75) is 19.9 Å². The number of nitrogens with one attached hydrogen (secondary N) is 1. The van der Waals surface area contributed by atoms with Crippen LogP contribution in [0.4, 0.5) is 5.69 Å². The summed E-state index contributed by atoms with van der Waals surface area (Å²) in [5.74, 6) is 0.674. The van der Waals surface area contributed by atoms with Gasteiger partial charge in [-0.05, 0) is 43.7 Å². The fourth-order valence-corrected chi connectivity index (χ4v) is 2.78. The van der Waals surface area contributed by atoms with Crippen molar-refractivity contribution in [1.29, 1.82) is 0 Å². The van der Waals surface area contributed by atoms with Gasteiger partial charge in [0.05, 0.1) is 23.4 Å². The minimum atomic E-state index is -0.392. The number of non-ortho nitro benzene ring substituents is 1. The van der Waals surface area contributed by atoms with Crippen molar-refractivity contribution < 1.29 is 9.66 Å². The Morgan fingerprint density at radius 1 is 1.22 bits per heavy atom. The van der Waals surface area contributed by atoms with Crippen LogP contribution in [0.2, 0.25) is 0 Å². The number of ether oxygens (including phenoxy) is 1. The number of hydrogen-bond donors (Lipinski definition) is 1. The highest BCUT2D eigenvalue weighted by Crippen LogP contribution is 2.24. The zero-order valence-electron chi connectivity index (χ0n) is 15.2. The van der Waals surface area contributed by atoms with Gasteiger partial charge in [-0.2, -0.15) is 5.10 Å². The third-order valence-electron chi connectivity index (χ3n) is 4.12. The summed E-state index contributed by atoms with van der Waals surface area (Å²) >= 11 is 0. The molecule has 2 aromatic carbocycles. The normalized spacial score (nSPS) is 10.7. The first-order valence-electron chi connectivity index (χ1n) is 8.87. The zero-order valence-corrected chi connectivity index (χ0v) is 15.2. The molecule has 140 valence electrons. The van der Waals surface area contributed by atoms with Gasteiger partial charge in [-0.25, -0.2) is 4.68 Å². The molecule has 0 spiro atoms. The Hall–Kier alpha value is -3.19. The second-order valence-corrected chi connectivity index (χ2v) is 6.04. The van der Waals surface area contributed by atoms with E-state index in [9.17, 15) is 10.1 Å². The van der Waals surface area contributed by atoms with Crippen LogP contribution in [0.1, 0.15) is 18.1 Å². The molecule has 0 radical (unpaired) electrons. The molecule has 1 N–H and O–H groups in total. The van der Waals surface area contributed by atoms with Crippen LogP contribution in [0.25, 0.3) is 5.69 Å². The highest BCUT2D eigenvalue weighted by atomic mass is 16.6. The van der Waals surface area contributed by atoms with Gasteiger partial charge in [0.2, 0.25) is 0 Å². The summed E-state index contributed by atoms with van der Waals surface area (Å²) in [7, 11) is 0. The molecule has 1 aromatic heterocycles. The smallest absolute Gasteiger partial charge is 0.270 e. The SMILES string of the molecule is CCOc1ccc([N+](=O)[O-])cc1CNCCc1cnn(-c2ccccc2)c1. The number of nitrogens with zero attached hydrogens (tertiary/aromatic N) is 3. The molecule has 7 heteroatoms. The first-order chi connectivity index (χ1) is 13.2. The van der Waals surface area contributed by atoms with Gasteiger partial charge in [-0.1, -0.05) is 18.2 Å². The molecule has 3 rings (SSSR count). The first kappa shape index (κ1) is 18.6. The van der Waals surface area contributed by atoms with Crippen molar-refractivity contribution in [2.75, 3.05) is 13.2 Å². The third kappa shape index (κ3) is 4.92. The molecule has 0 unspecified atom stereocenters. The largest absolute Gasteiger partial charge is 0.494 e. The van der Waals surface area contributed by atoms with Gasteiger partial charge < -0.3 is 10.1 Å². The van der Waals surface area contributed by atoms with E-state index < -0.39 is 4.92 Å². The maximum absolute atomic E-state index is 11.0. The third-order valence-corrected chi connectivity index (χ3v) is 4.12. The predicted octanol–water partition coefficient (Wildman–Crippen LogP) is 3.51. The van der Waals surface area contributed by atoms with Gasteiger partial charge in [-0.15, -0.1) is 0 Å². The van der Waals surface area contributed by atoms with Crippen molar-refractivity contribution in [3.63, 3.8) is 0 Å². The Morgan fingerprint density at radius 3 is 2.78 bits per heavy atom. The molecule has 0 aliphatic heterocycles. The van der Waals surface area contributed by atoms with Gasteiger partial charge in [0, 0.05) is 30.4 Å². The number of para-hydroxylation sites is 1. The second-order valence-electron chi connectivity index (χ2n) is 6.04. The summed E-state index contributed by atoms with van der Waals surface area (Å²) in [4.78, 5) is 10.6. The lowest BCUT2D eigenvalue weighted by atomic mass is 10.1. The molecule has 0 amide bonds. The topological polar surface area (TPSA) is 82.2 Å². The van der Waals surface area contributed by atoms with Crippen LogP contribution in [0.3, 0.4) is 0 Å². The lowest BCUT2D eigenvalue weighted by Crippen LogP contribution is -2.17. The molecule has 0 atom stereocenters. The van der Waals surface area contributed by atoms with E-state index in [1.54, 1.807) is 12.1 Å². The molecule has 27 heavy (non-hydrogen) atoms. The highest BCUT2D eigenvalue weighted by Gasteiger charge is 2.11. The fraction of sp³-hybridized carbons (Fsp3) is 0.250. The Balaban J connectivity index is 1.56. The second kappa shape index (κ2) is 8.95. The van der Waals surface area contributed by atoms with E-state index in [4.69, 9.17) is 4.74 Å². The average molecular weight is 366 g/mol. The van der Waals surface area contributed by atoms with Gasteiger partial charge >= 0.3 is 0 Å². The number of aromatic nitrogens is 2. The molecule has 7 nitrogen and oxygen atoms in total. The highest BCUT2D eigenvalue weighted by molar-refractivity contribution is 5.43. The Kier molecular flexibility index (Phi) is 6.17. The van der Waals surface area contributed by atoms with Crippen molar-refractivity contribution in [3.8, 4) is 11.4 Å². The summed E-state index contributed by atoms with van der Waals surface area (Å²) < 4.78 is 7.41. The van der Waals surface area contributed by atoms with E-state index >= 15 is 0 Å². The minimum absolute atomic E-state index is 0.0689. The predicted molar refractivity (Wildman–Crippen MR) is 103 cm³/mol. The quantitative estimate of drug-likeness (QED) is 0.356. The Labute approximate surface area is 157 Å². The van der Waals surface area contributed by atoms with Crippen LogP contribution in [-0.2, 0) is 13.0 Å². The number of rotatable bonds is 9. The lowest BCUT2D eigenvalue weighted by molar-refractivity contribution is -0.384. The fourth-order valence-electron chi connectivity index (χ4n) is 2.78. The van der Waals surface area contributed by atoms with Crippen LogP contribution in [0, 0.1) is 10.1 Å². The summed E-state index contributed by atoms with van der Waals surface area (Å²) in [6, 6.07) is 14.6. The monoisotopic (exact) mass is 366 g/mol. The van der Waals surface area contributed by atoms with E-state index in [2.05, 4.69) is 10.4 Å². The molecule has 1 heterocycles. The maximum atomic E-state index is 11.0. The molecule has 0 saturated carbocycles. The van der Waals surface area contributed by atoms with Gasteiger partial charge in [0.15, 0.2) is 0 Å². The van der Waals surface area contributed by atoms with E-state index in [0.717, 1.165) is 29.8 Å². The van der Waals surface area contributed by atoms with Crippen molar-refractivity contribution in [3.05, 3.63) is 82.2 Å². The van der Waals surface area contributed by atoms with Crippen LogP contribution < -0.4 is 10.1 Å². The van der Waals surface area contributed by atoms with Crippen molar-refractivity contribution in [1.82, 2.24) is 15.1 Å². The lowest BCUT2D eigenvalue weighted by Gasteiger charge is -2.11. The summed E-state index contributed by atoms with van der Waals surface area (Å²) in [5.41, 5.74) is 3.00. The van der Waals surface area contributed by atoms with E-state index in [0.29, 0.717) is 18.9 Å². The molecule has 0 aliphatic rings. The Morgan fingerprint density at radius 2 is 2.04 bits per heavy atom. The number of benzene rings is 2. The summed E-state index contributed by atoms with van der Waals surface area (Å²) in [5, 5.41) is 18.7. The molecule has 0 aliphatic carbocycles. The van der Waals surface area contributed by atoms with Crippen molar-refractivity contribution >= 4 is 5.69 Å². The van der Waals surface area contributed by atoms with Crippen LogP contribution in [0.5, 0.6) is 5.75 Å². The van der Waals surface area contributed by atoms with Crippen LogP contribution in [0.15, 0.2) is 60.9 Å². The molecule has 0 fully saturated rings. The number of hydrogen-bond acceptors (Lipinski definition) is 5. The number of nitro groups is 1. The summed E-state index contributed by atoms with van der Waals surface area (Å²) in [6.07, 6.45) is 4.68. The molecular formula is C20H22N4O3.